The Balaban J connectivity index is 2.34. The number of likely N-dealkylation sites (N-methyl/N-ethyl adjacent to an activating group) is 1. The monoisotopic (exact) mass is 262 g/mol. The first-order valence-corrected chi connectivity index (χ1v) is 6.73. The topological polar surface area (TPSA) is 86.2 Å². The van der Waals surface area contributed by atoms with Gasteiger partial charge in [0.25, 0.3) is 0 Å². The summed E-state index contributed by atoms with van der Waals surface area (Å²) in [6, 6.07) is 3.73. The highest BCUT2D eigenvalue weighted by Gasteiger charge is 2.28. The average Bonchev–Trinajstić information content (AvgIpc) is 2.38. The van der Waals surface area contributed by atoms with Crippen LogP contribution in [0.4, 0.5) is 5.82 Å². The number of anilines is 1. The van der Waals surface area contributed by atoms with E-state index in [4.69, 9.17) is 11.1 Å². The first-order chi connectivity index (χ1) is 9.00. The second kappa shape index (κ2) is 5.57. The predicted octanol–water partition coefficient (Wildman–Crippen LogP) is 1.41. The Kier molecular flexibility index (Phi) is 4.04. The second-order valence-electron chi connectivity index (χ2n) is 5.27. The Morgan fingerprint density at radius 2 is 2.11 bits per heavy atom. The molecule has 104 valence electrons. The molecule has 0 aromatic carbocycles. The normalized spacial score (nSPS) is 23.1. The van der Waals surface area contributed by atoms with Crippen LogP contribution in [0.1, 0.15) is 36.9 Å². The molecule has 0 radical (unpaired) electrons. The third-order valence-corrected chi connectivity index (χ3v) is 3.83. The Labute approximate surface area is 114 Å². The van der Waals surface area contributed by atoms with Crippen molar-refractivity contribution in [3.05, 3.63) is 23.4 Å². The first-order valence-electron chi connectivity index (χ1n) is 6.73. The van der Waals surface area contributed by atoms with Gasteiger partial charge in [0.2, 0.25) is 0 Å². The van der Waals surface area contributed by atoms with Gasteiger partial charge in [-0.25, -0.2) is 4.98 Å². The van der Waals surface area contributed by atoms with Crippen LogP contribution in [-0.2, 0) is 0 Å². The van der Waals surface area contributed by atoms with Crippen LogP contribution >= 0.6 is 0 Å². The van der Waals surface area contributed by atoms with E-state index in [2.05, 4.69) is 4.98 Å². The molecule has 1 saturated carbocycles. The Hall–Kier alpha value is -1.62. The zero-order chi connectivity index (χ0) is 14.0. The van der Waals surface area contributed by atoms with Gasteiger partial charge in [0.1, 0.15) is 11.7 Å². The van der Waals surface area contributed by atoms with Gasteiger partial charge in [-0.3, -0.25) is 5.41 Å². The van der Waals surface area contributed by atoms with E-state index in [9.17, 15) is 5.11 Å². The van der Waals surface area contributed by atoms with Gasteiger partial charge in [0.15, 0.2) is 0 Å². The van der Waals surface area contributed by atoms with Gasteiger partial charge in [-0.2, -0.15) is 0 Å². The highest BCUT2D eigenvalue weighted by Crippen LogP contribution is 2.27. The third-order valence-electron chi connectivity index (χ3n) is 3.83. The van der Waals surface area contributed by atoms with Gasteiger partial charge in [0, 0.05) is 12.7 Å². The number of nitrogens with two attached hydrogens (primary N) is 1. The van der Waals surface area contributed by atoms with Gasteiger partial charge < -0.3 is 15.7 Å². The molecule has 0 spiro atoms. The van der Waals surface area contributed by atoms with Gasteiger partial charge in [0.05, 0.1) is 17.7 Å². The standard InChI is InChI=1S/C14H22N4O/c1-9-7-8-10(13(15)16)14(17-9)18(2)11-5-3-4-6-12(11)19/h7-8,11-12,19H,3-6H2,1-2H3,(H3,15,16). The van der Waals surface area contributed by atoms with Gasteiger partial charge in [-0.15, -0.1) is 0 Å². The van der Waals surface area contributed by atoms with E-state index in [-0.39, 0.29) is 18.0 Å². The van der Waals surface area contributed by atoms with Crippen LogP contribution in [0, 0.1) is 12.3 Å². The van der Waals surface area contributed by atoms with Crippen molar-refractivity contribution in [2.45, 2.75) is 44.8 Å². The minimum absolute atomic E-state index is 0.0136. The number of hydrogen-bond acceptors (Lipinski definition) is 4. The molecule has 1 aliphatic carbocycles. The zero-order valence-corrected chi connectivity index (χ0v) is 11.6. The largest absolute Gasteiger partial charge is 0.391 e. The van der Waals surface area contributed by atoms with Crippen molar-refractivity contribution in [1.29, 1.82) is 5.41 Å². The van der Waals surface area contributed by atoms with E-state index in [1.54, 1.807) is 0 Å². The summed E-state index contributed by atoms with van der Waals surface area (Å²) in [7, 11) is 1.92. The lowest BCUT2D eigenvalue weighted by Gasteiger charge is -2.36. The summed E-state index contributed by atoms with van der Waals surface area (Å²) in [6.45, 7) is 1.92. The number of aliphatic hydroxyl groups is 1. The van der Waals surface area contributed by atoms with E-state index >= 15 is 0 Å². The smallest absolute Gasteiger partial charge is 0.139 e. The fourth-order valence-corrected chi connectivity index (χ4v) is 2.72. The number of aryl methyl sites for hydroxylation is 1. The Morgan fingerprint density at radius 3 is 2.74 bits per heavy atom. The molecule has 2 atom stereocenters. The molecule has 0 saturated heterocycles. The molecule has 5 heteroatoms. The number of nitrogens with one attached hydrogen (secondary N) is 1. The van der Waals surface area contributed by atoms with E-state index in [0.717, 1.165) is 31.4 Å². The van der Waals surface area contributed by atoms with Crippen LogP contribution in [0.3, 0.4) is 0 Å². The molecule has 19 heavy (non-hydrogen) atoms. The molecular formula is C14H22N4O. The Morgan fingerprint density at radius 1 is 1.42 bits per heavy atom. The lowest BCUT2D eigenvalue weighted by molar-refractivity contribution is 0.106. The number of nitrogen functional groups attached to an aromatic ring is 1. The summed E-state index contributed by atoms with van der Waals surface area (Å²) < 4.78 is 0. The van der Waals surface area contributed by atoms with Crippen molar-refractivity contribution in [3.63, 3.8) is 0 Å². The number of aliphatic hydroxyl groups excluding tert-OH is 1. The lowest BCUT2D eigenvalue weighted by atomic mass is 9.91. The number of aromatic nitrogens is 1. The maximum atomic E-state index is 10.1. The quantitative estimate of drug-likeness (QED) is 0.568. The van der Waals surface area contributed by atoms with E-state index in [1.807, 2.05) is 31.0 Å². The SMILES string of the molecule is Cc1ccc(C(=N)N)c(N(C)C2CCCCC2O)n1. The van der Waals surface area contributed by atoms with Crippen molar-refractivity contribution in [1.82, 2.24) is 4.98 Å². The molecule has 0 aliphatic heterocycles. The molecular weight excluding hydrogens is 240 g/mol. The zero-order valence-electron chi connectivity index (χ0n) is 11.6. The summed E-state index contributed by atoms with van der Waals surface area (Å²) in [5, 5.41) is 17.8. The van der Waals surface area contributed by atoms with Gasteiger partial charge >= 0.3 is 0 Å². The Bertz CT molecular complexity index is 475. The molecule has 1 aromatic rings. The molecule has 0 bridgehead atoms. The van der Waals surface area contributed by atoms with Crippen molar-refractivity contribution in [2.75, 3.05) is 11.9 Å². The summed E-state index contributed by atoms with van der Waals surface area (Å²) >= 11 is 0. The molecule has 1 fully saturated rings. The number of rotatable bonds is 3. The number of pyridine rings is 1. The van der Waals surface area contributed by atoms with Crippen LogP contribution in [0.2, 0.25) is 0 Å². The minimum atomic E-state index is -0.333. The maximum Gasteiger partial charge on any atom is 0.139 e. The van der Waals surface area contributed by atoms with Crippen molar-refractivity contribution >= 4 is 11.7 Å². The van der Waals surface area contributed by atoms with Gasteiger partial charge in [-0.1, -0.05) is 12.8 Å². The molecule has 2 unspecified atom stereocenters. The van der Waals surface area contributed by atoms with Crippen LogP contribution in [0.15, 0.2) is 12.1 Å². The van der Waals surface area contributed by atoms with E-state index in [0.29, 0.717) is 11.4 Å². The molecule has 4 N–H and O–H groups in total. The predicted molar refractivity (Wildman–Crippen MR) is 76.7 cm³/mol. The fraction of sp³-hybridized carbons (Fsp3) is 0.571. The van der Waals surface area contributed by atoms with Crippen molar-refractivity contribution < 1.29 is 5.11 Å². The lowest BCUT2D eigenvalue weighted by Crippen LogP contribution is -2.44. The van der Waals surface area contributed by atoms with Crippen LogP contribution < -0.4 is 10.6 Å². The molecule has 0 amide bonds. The fourth-order valence-electron chi connectivity index (χ4n) is 2.72. The third kappa shape index (κ3) is 2.87. The summed E-state index contributed by atoms with van der Waals surface area (Å²) in [4.78, 5) is 6.48. The molecule has 1 aromatic heterocycles. The summed E-state index contributed by atoms with van der Waals surface area (Å²) in [5.74, 6) is 0.707. The van der Waals surface area contributed by atoms with Crippen molar-refractivity contribution in [3.8, 4) is 0 Å². The summed E-state index contributed by atoms with van der Waals surface area (Å²) in [5.41, 5.74) is 7.14. The van der Waals surface area contributed by atoms with Gasteiger partial charge in [-0.05, 0) is 31.9 Å². The van der Waals surface area contributed by atoms with Crippen LogP contribution in [0.5, 0.6) is 0 Å². The van der Waals surface area contributed by atoms with E-state index in [1.165, 1.54) is 0 Å². The van der Waals surface area contributed by atoms with Crippen LogP contribution in [0.25, 0.3) is 0 Å². The summed E-state index contributed by atoms with van der Waals surface area (Å²) in [6.07, 6.45) is 3.64. The first kappa shape index (κ1) is 13.8. The maximum absolute atomic E-state index is 10.1. The number of amidine groups is 1. The molecule has 2 rings (SSSR count). The highest BCUT2D eigenvalue weighted by atomic mass is 16.3. The highest BCUT2D eigenvalue weighted by molar-refractivity contribution is 5.99. The number of hydrogen-bond donors (Lipinski definition) is 3. The van der Waals surface area contributed by atoms with Crippen molar-refractivity contribution in [2.24, 2.45) is 5.73 Å². The van der Waals surface area contributed by atoms with Crippen LogP contribution in [-0.4, -0.2) is 35.1 Å². The molecule has 1 aliphatic rings. The second-order valence-corrected chi connectivity index (χ2v) is 5.27. The molecule has 5 nitrogen and oxygen atoms in total. The minimum Gasteiger partial charge on any atom is -0.391 e. The number of nitrogens with zero attached hydrogens (tertiary/aromatic N) is 2. The molecule has 1 heterocycles. The van der Waals surface area contributed by atoms with E-state index < -0.39 is 0 Å². The average molecular weight is 262 g/mol.